The highest BCUT2D eigenvalue weighted by Crippen LogP contribution is 2.34. The second-order valence-electron chi connectivity index (χ2n) is 6.09. The summed E-state index contributed by atoms with van der Waals surface area (Å²) in [6.45, 7) is 4.53. The first-order valence-electron chi connectivity index (χ1n) is 7.62. The van der Waals surface area contributed by atoms with Gasteiger partial charge in [0.25, 0.3) is 0 Å². The molecule has 1 aromatic carbocycles. The molecule has 0 amide bonds. The van der Waals surface area contributed by atoms with Crippen molar-refractivity contribution in [1.29, 1.82) is 0 Å². The van der Waals surface area contributed by atoms with Crippen LogP contribution in [0.5, 0.6) is 5.75 Å². The van der Waals surface area contributed by atoms with Gasteiger partial charge in [-0.2, -0.15) is 0 Å². The Morgan fingerprint density at radius 3 is 2.67 bits per heavy atom. The van der Waals surface area contributed by atoms with Crippen LogP contribution >= 0.6 is 0 Å². The molecular formula is C16H24N2O3. The van der Waals surface area contributed by atoms with E-state index in [1.54, 1.807) is 12.1 Å². The lowest BCUT2D eigenvalue weighted by atomic mass is 9.78. The van der Waals surface area contributed by atoms with E-state index in [9.17, 15) is 10.1 Å². The summed E-state index contributed by atoms with van der Waals surface area (Å²) >= 11 is 0. The maximum Gasteiger partial charge on any atom is 0.311 e. The van der Waals surface area contributed by atoms with Crippen molar-refractivity contribution in [2.24, 2.45) is 11.8 Å². The maximum absolute atomic E-state index is 10.9. The highest BCUT2D eigenvalue weighted by Gasteiger charge is 2.27. The highest BCUT2D eigenvalue weighted by molar-refractivity contribution is 5.58. The summed E-state index contributed by atoms with van der Waals surface area (Å²) in [5, 5.41) is 14.5. The van der Waals surface area contributed by atoms with Crippen molar-refractivity contribution in [2.45, 2.75) is 45.6 Å². The van der Waals surface area contributed by atoms with Gasteiger partial charge in [-0.05, 0) is 30.7 Å². The molecule has 1 N–H and O–H groups in total. The number of nitrogens with zero attached hydrogens (tertiary/aromatic N) is 1. The second kappa shape index (κ2) is 6.78. The van der Waals surface area contributed by atoms with E-state index >= 15 is 0 Å². The van der Waals surface area contributed by atoms with Crippen LogP contribution in [-0.2, 0) is 0 Å². The Kier molecular flexibility index (Phi) is 5.04. The van der Waals surface area contributed by atoms with E-state index < -0.39 is 4.92 Å². The number of benzene rings is 1. The minimum absolute atomic E-state index is 0.00658. The molecule has 0 bridgehead atoms. The summed E-state index contributed by atoms with van der Waals surface area (Å²) in [6, 6.07) is 5.44. The van der Waals surface area contributed by atoms with Crippen LogP contribution < -0.4 is 10.1 Å². The van der Waals surface area contributed by atoms with Gasteiger partial charge in [-0.15, -0.1) is 0 Å². The van der Waals surface area contributed by atoms with Crippen molar-refractivity contribution in [3.8, 4) is 5.75 Å². The zero-order valence-electron chi connectivity index (χ0n) is 13.0. The van der Waals surface area contributed by atoms with Gasteiger partial charge in [-0.1, -0.05) is 26.7 Å². The van der Waals surface area contributed by atoms with Crippen LogP contribution in [0, 0.1) is 22.0 Å². The third-order valence-electron chi connectivity index (χ3n) is 4.40. The number of ether oxygens (including phenoxy) is 1. The number of hydrogen-bond acceptors (Lipinski definition) is 4. The smallest absolute Gasteiger partial charge is 0.311 e. The average Bonchev–Trinajstić information content (AvgIpc) is 2.47. The summed E-state index contributed by atoms with van der Waals surface area (Å²) in [5.41, 5.74) is 0.905. The molecule has 21 heavy (non-hydrogen) atoms. The number of methoxy groups -OCH3 is 1. The van der Waals surface area contributed by atoms with Gasteiger partial charge >= 0.3 is 5.69 Å². The van der Waals surface area contributed by atoms with Crippen molar-refractivity contribution in [3.05, 3.63) is 28.3 Å². The molecule has 5 heteroatoms. The van der Waals surface area contributed by atoms with Gasteiger partial charge in [0.2, 0.25) is 0 Å². The molecule has 0 heterocycles. The first-order chi connectivity index (χ1) is 10.0. The molecule has 2 rings (SSSR count). The Balaban J connectivity index is 2.16. The standard InChI is InChI=1S/C16H24N2O3/c1-11(2)13-6-4-5-7-14(13)17-12-8-9-15(18(19)20)16(10-12)21-3/h8-11,13-14,17H,4-7H2,1-3H3. The van der Waals surface area contributed by atoms with Gasteiger partial charge < -0.3 is 10.1 Å². The number of nitrogens with one attached hydrogen (secondary N) is 1. The van der Waals surface area contributed by atoms with E-state index in [0.29, 0.717) is 23.6 Å². The topological polar surface area (TPSA) is 64.4 Å². The van der Waals surface area contributed by atoms with Gasteiger partial charge in [-0.3, -0.25) is 10.1 Å². The quantitative estimate of drug-likeness (QED) is 0.651. The van der Waals surface area contributed by atoms with E-state index in [-0.39, 0.29) is 5.69 Å². The molecule has 116 valence electrons. The minimum Gasteiger partial charge on any atom is -0.490 e. The van der Waals surface area contributed by atoms with Crippen molar-refractivity contribution >= 4 is 11.4 Å². The number of anilines is 1. The molecule has 1 saturated carbocycles. The van der Waals surface area contributed by atoms with Crippen molar-refractivity contribution in [2.75, 3.05) is 12.4 Å². The highest BCUT2D eigenvalue weighted by atomic mass is 16.6. The first kappa shape index (κ1) is 15.6. The molecule has 0 spiro atoms. The van der Waals surface area contributed by atoms with Crippen LogP contribution in [0.2, 0.25) is 0 Å². The fourth-order valence-electron chi connectivity index (χ4n) is 3.27. The van der Waals surface area contributed by atoms with E-state index in [2.05, 4.69) is 19.2 Å². The van der Waals surface area contributed by atoms with Gasteiger partial charge in [0, 0.05) is 23.9 Å². The lowest BCUT2D eigenvalue weighted by Gasteiger charge is -2.35. The fourth-order valence-corrected chi connectivity index (χ4v) is 3.27. The molecule has 0 aliphatic heterocycles. The predicted octanol–water partition coefficient (Wildman–Crippen LogP) is 4.23. The van der Waals surface area contributed by atoms with Crippen LogP contribution in [0.3, 0.4) is 0 Å². The second-order valence-corrected chi connectivity index (χ2v) is 6.09. The molecule has 0 aromatic heterocycles. The summed E-state index contributed by atoms with van der Waals surface area (Å²) in [7, 11) is 1.46. The zero-order valence-corrected chi connectivity index (χ0v) is 13.0. The summed E-state index contributed by atoms with van der Waals surface area (Å²) in [5.74, 6) is 1.60. The first-order valence-corrected chi connectivity index (χ1v) is 7.62. The van der Waals surface area contributed by atoms with E-state index in [1.807, 2.05) is 0 Å². The third-order valence-corrected chi connectivity index (χ3v) is 4.40. The number of rotatable bonds is 5. The van der Waals surface area contributed by atoms with Crippen molar-refractivity contribution in [3.63, 3.8) is 0 Å². The normalized spacial score (nSPS) is 22.1. The van der Waals surface area contributed by atoms with Crippen LogP contribution in [0.15, 0.2) is 18.2 Å². The van der Waals surface area contributed by atoms with Crippen LogP contribution in [0.1, 0.15) is 39.5 Å². The summed E-state index contributed by atoms with van der Waals surface area (Å²) in [4.78, 5) is 10.5. The van der Waals surface area contributed by atoms with Gasteiger partial charge in [-0.25, -0.2) is 0 Å². The summed E-state index contributed by atoms with van der Waals surface area (Å²) < 4.78 is 5.13. The third kappa shape index (κ3) is 3.65. The molecule has 0 radical (unpaired) electrons. The monoisotopic (exact) mass is 292 g/mol. The van der Waals surface area contributed by atoms with Gasteiger partial charge in [0.1, 0.15) is 0 Å². The maximum atomic E-state index is 10.9. The Hall–Kier alpha value is -1.78. The van der Waals surface area contributed by atoms with Gasteiger partial charge in [0.15, 0.2) is 5.75 Å². The van der Waals surface area contributed by atoms with Crippen LogP contribution in [0.4, 0.5) is 11.4 Å². The van der Waals surface area contributed by atoms with E-state index in [4.69, 9.17) is 4.74 Å². The molecule has 5 nitrogen and oxygen atoms in total. The van der Waals surface area contributed by atoms with Crippen molar-refractivity contribution < 1.29 is 9.66 Å². The Bertz CT molecular complexity index is 502. The molecule has 0 saturated heterocycles. The summed E-state index contributed by atoms with van der Waals surface area (Å²) in [6.07, 6.45) is 4.94. The number of nitro benzene ring substituents is 1. The predicted molar refractivity (Wildman–Crippen MR) is 83.9 cm³/mol. The zero-order chi connectivity index (χ0) is 15.4. The molecule has 1 fully saturated rings. The lowest BCUT2D eigenvalue weighted by molar-refractivity contribution is -0.385. The molecule has 1 aromatic rings. The molecule has 2 unspecified atom stereocenters. The lowest BCUT2D eigenvalue weighted by Crippen LogP contribution is -2.35. The Morgan fingerprint density at radius 2 is 2.05 bits per heavy atom. The minimum atomic E-state index is -0.417. The Morgan fingerprint density at radius 1 is 1.33 bits per heavy atom. The Labute approximate surface area is 125 Å². The molecule has 2 atom stereocenters. The van der Waals surface area contributed by atoms with Crippen LogP contribution in [0.25, 0.3) is 0 Å². The molecular weight excluding hydrogens is 268 g/mol. The fraction of sp³-hybridized carbons (Fsp3) is 0.625. The molecule has 1 aliphatic carbocycles. The molecule has 1 aliphatic rings. The van der Waals surface area contributed by atoms with Gasteiger partial charge in [0.05, 0.1) is 12.0 Å². The SMILES string of the molecule is COc1cc(NC2CCCCC2C(C)C)ccc1[N+](=O)[O-]. The largest absolute Gasteiger partial charge is 0.490 e. The van der Waals surface area contributed by atoms with Crippen LogP contribution in [-0.4, -0.2) is 18.1 Å². The number of nitro groups is 1. The average molecular weight is 292 g/mol. The van der Waals surface area contributed by atoms with Crippen molar-refractivity contribution in [1.82, 2.24) is 0 Å². The van der Waals surface area contributed by atoms with E-state index in [1.165, 1.54) is 32.4 Å². The van der Waals surface area contributed by atoms with E-state index in [0.717, 1.165) is 12.1 Å². The number of hydrogen-bond donors (Lipinski definition) is 1.